The molecule has 0 saturated carbocycles. The number of aliphatic carboxylic acids is 1. The topological polar surface area (TPSA) is 110 Å². The molecule has 1 aliphatic rings. The Balaban J connectivity index is 1.34. The van der Waals surface area contributed by atoms with Gasteiger partial charge in [-0.3, -0.25) is 4.79 Å². The Bertz CT molecular complexity index is 1050. The number of pyridine rings is 1. The number of carboxylic acids is 1. The summed E-state index contributed by atoms with van der Waals surface area (Å²) in [6, 6.07) is 4.59. The fraction of sp³-hybridized carbons (Fsp3) is 0.435. The standard InChI is InChI=1S/C23H27N5O3S/c1-31-23-25-12-16(13-26-23)19(11-20(29)30)22-28-18(14-32-22)7-3-2-6-17-9-8-15-5-4-10-24-21(15)27-17/h8-9,12-14,19H,2-7,10-11H2,1H3,(H,24,27)(H,29,30). The number of carbonyl (C=O) groups is 1. The Morgan fingerprint density at radius 1 is 1.19 bits per heavy atom. The van der Waals surface area contributed by atoms with E-state index >= 15 is 0 Å². The van der Waals surface area contributed by atoms with Crippen LogP contribution in [0.1, 0.15) is 59.1 Å². The number of methoxy groups -OCH3 is 1. The minimum Gasteiger partial charge on any atom is -0.481 e. The molecule has 1 atom stereocenters. The van der Waals surface area contributed by atoms with Gasteiger partial charge in [0.25, 0.3) is 0 Å². The van der Waals surface area contributed by atoms with Crippen molar-refractivity contribution in [3.63, 3.8) is 0 Å². The second kappa shape index (κ2) is 10.5. The summed E-state index contributed by atoms with van der Waals surface area (Å²) in [5.74, 6) is -0.205. The van der Waals surface area contributed by atoms with Crippen molar-refractivity contribution in [3.8, 4) is 6.01 Å². The summed E-state index contributed by atoms with van der Waals surface area (Å²) in [5.41, 5.74) is 4.16. The highest BCUT2D eigenvalue weighted by atomic mass is 32.1. The Hall–Kier alpha value is -3.07. The van der Waals surface area contributed by atoms with E-state index in [1.54, 1.807) is 12.4 Å². The molecule has 0 fully saturated rings. The largest absolute Gasteiger partial charge is 0.481 e. The summed E-state index contributed by atoms with van der Waals surface area (Å²) in [6.45, 7) is 1.00. The molecule has 8 nitrogen and oxygen atoms in total. The fourth-order valence-corrected chi connectivity index (χ4v) is 4.83. The van der Waals surface area contributed by atoms with Gasteiger partial charge in [0, 0.05) is 35.9 Å². The van der Waals surface area contributed by atoms with Crippen LogP contribution in [0.2, 0.25) is 0 Å². The van der Waals surface area contributed by atoms with Crippen molar-refractivity contribution in [2.75, 3.05) is 19.0 Å². The molecule has 1 unspecified atom stereocenters. The van der Waals surface area contributed by atoms with Gasteiger partial charge in [0.05, 0.1) is 19.2 Å². The molecule has 1 aliphatic heterocycles. The van der Waals surface area contributed by atoms with Gasteiger partial charge in [-0.25, -0.2) is 19.9 Å². The Labute approximate surface area is 191 Å². The SMILES string of the molecule is COc1ncc(C(CC(=O)O)c2nc(CCCCc3ccc4c(n3)NCCC4)cs2)cn1. The first kappa shape index (κ1) is 22.1. The van der Waals surface area contributed by atoms with Crippen molar-refractivity contribution in [2.24, 2.45) is 0 Å². The summed E-state index contributed by atoms with van der Waals surface area (Å²) in [4.78, 5) is 29.1. The summed E-state index contributed by atoms with van der Waals surface area (Å²) in [5, 5.41) is 15.6. The molecule has 3 aromatic heterocycles. The third-order valence-electron chi connectivity index (χ3n) is 5.55. The highest BCUT2D eigenvalue weighted by molar-refractivity contribution is 7.09. The average Bonchev–Trinajstić information content (AvgIpc) is 3.29. The predicted molar refractivity (Wildman–Crippen MR) is 122 cm³/mol. The van der Waals surface area contributed by atoms with Crippen LogP contribution in [0, 0.1) is 0 Å². The van der Waals surface area contributed by atoms with Crippen molar-refractivity contribution >= 4 is 23.1 Å². The van der Waals surface area contributed by atoms with Crippen LogP contribution in [0.5, 0.6) is 6.01 Å². The molecule has 0 aromatic carbocycles. The third kappa shape index (κ3) is 5.59. The van der Waals surface area contributed by atoms with E-state index in [1.165, 1.54) is 30.4 Å². The van der Waals surface area contributed by atoms with Crippen LogP contribution in [0.15, 0.2) is 29.9 Å². The van der Waals surface area contributed by atoms with Crippen LogP contribution < -0.4 is 10.1 Å². The van der Waals surface area contributed by atoms with Crippen LogP contribution >= 0.6 is 11.3 Å². The van der Waals surface area contributed by atoms with Gasteiger partial charge in [-0.05, 0) is 55.7 Å². The maximum Gasteiger partial charge on any atom is 0.316 e. The quantitative estimate of drug-likeness (QED) is 0.445. The van der Waals surface area contributed by atoms with E-state index in [0.29, 0.717) is 0 Å². The molecule has 0 aliphatic carbocycles. The number of fused-ring (bicyclic) bond motifs is 1. The lowest BCUT2D eigenvalue weighted by atomic mass is 9.99. The summed E-state index contributed by atoms with van der Waals surface area (Å²) in [6.07, 6.45) is 9.28. The third-order valence-corrected chi connectivity index (χ3v) is 6.55. The number of rotatable bonds is 10. The zero-order chi connectivity index (χ0) is 22.3. The Morgan fingerprint density at radius 2 is 1.97 bits per heavy atom. The monoisotopic (exact) mass is 453 g/mol. The number of unbranched alkanes of at least 4 members (excludes halogenated alkanes) is 1. The van der Waals surface area contributed by atoms with Crippen molar-refractivity contribution in [1.82, 2.24) is 19.9 Å². The molecule has 4 rings (SSSR count). The fourth-order valence-electron chi connectivity index (χ4n) is 3.85. The molecule has 0 amide bonds. The first-order valence-corrected chi connectivity index (χ1v) is 11.7. The molecule has 3 aromatic rings. The van der Waals surface area contributed by atoms with E-state index in [9.17, 15) is 9.90 Å². The molecular weight excluding hydrogens is 426 g/mol. The molecule has 32 heavy (non-hydrogen) atoms. The maximum absolute atomic E-state index is 11.4. The Morgan fingerprint density at radius 3 is 2.72 bits per heavy atom. The van der Waals surface area contributed by atoms with Gasteiger partial charge in [-0.2, -0.15) is 0 Å². The van der Waals surface area contributed by atoms with E-state index in [4.69, 9.17) is 14.7 Å². The van der Waals surface area contributed by atoms with Gasteiger partial charge >= 0.3 is 12.0 Å². The molecule has 0 radical (unpaired) electrons. The number of aryl methyl sites for hydroxylation is 3. The van der Waals surface area contributed by atoms with Crippen molar-refractivity contribution < 1.29 is 14.6 Å². The number of hydrogen-bond donors (Lipinski definition) is 2. The van der Waals surface area contributed by atoms with Crippen LogP contribution in [0.25, 0.3) is 0 Å². The molecule has 4 heterocycles. The van der Waals surface area contributed by atoms with Crippen LogP contribution in [-0.2, 0) is 24.1 Å². The van der Waals surface area contributed by atoms with E-state index in [-0.39, 0.29) is 18.3 Å². The van der Waals surface area contributed by atoms with Crippen LogP contribution in [-0.4, -0.2) is 44.7 Å². The highest BCUT2D eigenvalue weighted by Crippen LogP contribution is 2.30. The van der Waals surface area contributed by atoms with Gasteiger partial charge in [0.1, 0.15) is 10.8 Å². The lowest BCUT2D eigenvalue weighted by Gasteiger charge is -2.17. The smallest absolute Gasteiger partial charge is 0.316 e. The molecule has 168 valence electrons. The van der Waals surface area contributed by atoms with Crippen molar-refractivity contribution in [2.45, 2.75) is 50.9 Å². The zero-order valence-electron chi connectivity index (χ0n) is 18.1. The number of thiazole rings is 1. The lowest BCUT2D eigenvalue weighted by molar-refractivity contribution is -0.137. The number of carboxylic acid groups (broad SMARTS) is 1. The molecular formula is C23H27N5O3S. The molecule has 0 saturated heterocycles. The van der Waals surface area contributed by atoms with Gasteiger partial charge in [-0.1, -0.05) is 6.07 Å². The van der Waals surface area contributed by atoms with Gasteiger partial charge in [-0.15, -0.1) is 11.3 Å². The Kier molecular flexibility index (Phi) is 7.26. The first-order chi connectivity index (χ1) is 15.6. The van der Waals surface area contributed by atoms with Crippen molar-refractivity contribution in [1.29, 1.82) is 0 Å². The van der Waals surface area contributed by atoms with E-state index in [1.807, 2.05) is 5.38 Å². The van der Waals surface area contributed by atoms with Crippen molar-refractivity contribution in [3.05, 3.63) is 57.4 Å². The molecule has 9 heteroatoms. The van der Waals surface area contributed by atoms with Gasteiger partial charge < -0.3 is 15.2 Å². The first-order valence-electron chi connectivity index (χ1n) is 10.9. The predicted octanol–water partition coefficient (Wildman–Crippen LogP) is 3.87. The minimum atomic E-state index is -0.880. The minimum absolute atomic E-state index is 0.0549. The number of nitrogens with one attached hydrogen (secondary N) is 1. The summed E-state index contributed by atoms with van der Waals surface area (Å²) in [7, 11) is 1.50. The van der Waals surface area contributed by atoms with E-state index in [2.05, 4.69) is 27.4 Å². The lowest BCUT2D eigenvalue weighted by Crippen LogP contribution is -2.14. The van der Waals surface area contributed by atoms with Gasteiger partial charge in [0.2, 0.25) is 0 Å². The van der Waals surface area contributed by atoms with E-state index in [0.717, 1.165) is 66.4 Å². The number of ether oxygens (including phenoxy) is 1. The average molecular weight is 454 g/mol. The highest BCUT2D eigenvalue weighted by Gasteiger charge is 2.22. The number of aromatic nitrogens is 4. The second-order valence-electron chi connectivity index (χ2n) is 7.88. The second-order valence-corrected chi connectivity index (χ2v) is 8.77. The molecule has 0 spiro atoms. The van der Waals surface area contributed by atoms with Crippen LogP contribution in [0.4, 0.5) is 5.82 Å². The van der Waals surface area contributed by atoms with Gasteiger partial charge in [0.15, 0.2) is 0 Å². The maximum atomic E-state index is 11.4. The number of nitrogens with zero attached hydrogens (tertiary/aromatic N) is 4. The summed E-state index contributed by atoms with van der Waals surface area (Å²) < 4.78 is 4.99. The normalized spacial score (nSPS) is 13.8. The number of hydrogen-bond acceptors (Lipinski definition) is 8. The number of anilines is 1. The van der Waals surface area contributed by atoms with Crippen LogP contribution in [0.3, 0.4) is 0 Å². The zero-order valence-corrected chi connectivity index (χ0v) is 18.9. The molecule has 2 N–H and O–H groups in total. The molecule has 0 bridgehead atoms. The van der Waals surface area contributed by atoms with E-state index < -0.39 is 5.97 Å². The summed E-state index contributed by atoms with van der Waals surface area (Å²) >= 11 is 1.49.